The molecule has 172 valence electrons. The van der Waals surface area contributed by atoms with Gasteiger partial charge in [0.2, 0.25) is 0 Å². The van der Waals surface area contributed by atoms with E-state index < -0.39 is 12.7 Å². The van der Waals surface area contributed by atoms with Crippen LogP contribution in [0.2, 0.25) is 37.9 Å². The molecule has 4 unspecified atom stereocenters. The van der Waals surface area contributed by atoms with E-state index in [1.807, 2.05) is 0 Å². The van der Waals surface area contributed by atoms with Crippen LogP contribution in [0.5, 0.6) is 0 Å². The summed E-state index contributed by atoms with van der Waals surface area (Å²) >= 11 is 0.381. The lowest BCUT2D eigenvalue weighted by molar-refractivity contribution is 0.208. The third-order valence-electron chi connectivity index (χ3n) is 10.0. The van der Waals surface area contributed by atoms with E-state index in [-0.39, 0.29) is 22.4 Å². The fourth-order valence-electron chi connectivity index (χ4n) is 9.89. The predicted octanol–water partition coefficient (Wildman–Crippen LogP) is 6.38. The van der Waals surface area contributed by atoms with Crippen LogP contribution in [0.15, 0.2) is 0 Å². The standard InChI is InChI=1S/2C12H23BOS/c2*1-15(2)14-13-4-3-10-5-11(8-13)7-12(6-10)9-13/h2*10-12H,3-9H2,1-2H3/t2*10?,11-,12+,13?. The third-order valence-corrected chi connectivity index (χ3v) is 11.6. The summed E-state index contributed by atoms with van der Waals surface area (Å²) in [6.45, 7) is 0. The summed E-state index contributed by atoms with van der Waals surface area (Å²) < 4.78 is 12.8. The van der Waals surface area contributed by atoms with Gasteiger partial charge in [-0.15, -0.1) is 37.9 Å². The fourth-order valence-corrected chi connectivity index (χ4v) is 12.0. The quantitative estimate of drug-likeness (QED) is 0.364. The van der Waals surface area contributed by atoms with E-state index in [1.54, 1.807) is 0 Å². The lowest BCUT2D eigenvalue weighted by Gasteiger charge is -2.47. The average molecular weight is 452 g/mol. The van der Waals surface area contributed by atoms with E-state index >= 15 is 0 Å². The number of hydrogen-bond acceptors (Lipinski definition) is 2. The van der Waals surface area contributed by atoms with Crippen LogP contribution in [-0.4, -0.2) is 37.7 Å². The molecule has 0 spiro atoms. The minimum atomic E-state index is -0.394. The summed E-state index contributed by atoms with van der Waals surface area (Å²) in [5, 5.41) is 0. The first-order valence-electron chi connectivity index (χ1n) is 13.2. The SMILES string of the molecule is C[S+](C)O[B-]12CCC3C[C@H](C[C@H](C3)C1)C2.C[S+](C)O[B-]12CCC3C[C@H](C[C@H](C3)C1)C2. The molecular weight excluding hydrogens is 406 g/mol. The van der Waals surface area contributed by atoms with Crippen LogP contribution in [-0.2, 0) is 30.6 Å². The van der Waals surface area contributed by atoms with Gasteiger partial charge in [0.15, 0.2) is 12.7 Å². The summed E-state index contributed by atoms with van der Waals surface area (Å²) in [5.41, 5.74) is 0. The van der Waals surface area contributed by atoms with Crippen molar-refractivity contribution in [1.82, 2.24) is 0 Å². The molecule has 0 aromatic rings. The average Bonchev–Trinajstić information content (AvgIpc) is 2.94. The van der Waals surface area contributed by atoms with Gasteiger partial charge in [-0.3, -0.25) is 0 Å². The highest BCUT2D eigenvalue weighted by molar-refractivity contribution is 7.92. The number of rotatable bonds is 4. The molecule has 8 atom stereocenters. The first-order chi connectivity index (χ1) is 14.3. The van der Waals surface area contributed by atoms with Crippen LogP contribution in [0, 0.1) is 35.5 Å². The summed E-state index contributed by atoms with van der Waals surface area (Å²) in [4.78, 5) is 0. The molecule has 30 heavy (non-hydrogen) atoms. The second-order valence-corrected chi connectivity index (χ2v) is 16.5. The Kier molecular flexibility index (Phi) is 6.64. The molecule has 2 aliphatic carbocycles. The van der Waals surface area contributed by atoms with Gasteiger partial charge in [-0.05, 0) is 11.8 Å². The highest BCUT2D eigenvalue weighted by Crippen LogP contribution is 2.55. The molecule has 2 nitrogen and oxygen atoms in total. The van der Waals surface area contributed by atoms with Gasteiger partial charge in [-0.2, -0.15) is 0 Å². The number of fused-ring (bicyclic) bond motifs is 2. The Morgan fingerprint density at radius 2 is 0.800 bits per heavy atom. The van der Waals surface area contributed by atoms with Crippen LogP contribution in [0.25, 0.3) is 0 Å². The molecule has 6 aliphatic heterocycles. The Morgan fingerprint density at radius 1 is 0.500 bits per heavy atom. The van der Waals surface area contributed by atoms with Crippen molar-refractivity contribution in [3.63, 3.8) is 0 Å². The summed E-state index contributed by atoms with van der Waals surface area (Å²) in [6, 6.07) is 0. The monoisotopic (exact) mass is 452 g/mol. The van der Waals surface area contributed by atoms with Crippen LogP contribution in [0.3, 0.4) is 0 Å². The molecular formula is C24H46B2O2S2. The van der Waals surface area contributed by atoms with E-state index in [9.17, 15) is 0 Å². The molecule has 0 N–H and O–H groups in total. The Bertz CT molecular complexity index is 536. The zero-order valence-corrected chi connectivity index (χ0v) is 21.8. The lowest BCUT2D eigenvalue weighted by atomic mass is 9.29. The largest absolute Gasteiger partial charge is 0.393 e. The Labute approximate surface area is 192 Å². The normalized spacial score (nSPS) is 48.6. The molecule has 0 aromatic heterocycles. The molecule has 6 heterocycles. The van der Waals surface area contributed by atoms with Crippen molar-refractivity contribution in [3.8, 4) is 0 Å². The predicted molar refractivity (Wildman–Crippen MR) is 139 cm³/mol. The second kappa shape index (κ2) is 8.84. The Hall–Kier alpha value is 0.750. The zero-order valence-electron chi connectivity index (χ0n) is 20.2. The molecule has 8 aliphatic rings. The van der Waals surface area contributed by atoms with Gasteiger partial charge >= 0.3 is 0 Å². The van der Waals surface area contributed by atoms with Crippen LogP contribution < -0.4 is 0 Å². The van der Waals surface area contributed by atoms with Crippen molar-refractivity contribution in [2.45, 2.75) is 89.3 Å². The molecule has 6 heteroatoms. The van der Waals surface area contributed by atoms with E-state index in [1.165, 1.54) is 89.3 Å². The maximum atomic E-state index is 6.42. The molecule has 0 aromatic carbocycles. The third kappa shape index (κ3) is 4.97. The van der Waals surface area contributed by atoms with Crippen LogP contribution >= 0.6 is 0 Å². The summed E-state index contributed by atoms with van der Waals surface area (Å²) in [6.07, 6.45) is 29.0. The Balaban J connectivity index is 0.000000128. The van der Waals surface area contributed by atoms with Crippen molar-refractivity contribution in [1.29, 1.82) is 0 Å². The molecule has 8 bridgehead atoms. The maximum Gasteiger partial charge on any atom is 0.183 e. The van der Waals surface area contributed by atoms with Crippen molar-refractivity contribution in [2.75, 3.05) is 25.0 Å². The van der Waals surface area contributed by atoms with Gasteiger partial charge in [0, 0.05) is 0 Å². The topological polar surface area (TPSA) is 18.5 Å². The van der Waals surface area contributed by atoms with Gasteiger partial charge in [-0.1, -0.05) is 75.0 Å². The molecule has 6 saturated heterocycles. The van der Waals surface area contributed by atoms with Crippen LogP contribution in [0.4, 0.5) is 0 Å². The molecule has 0 amide bonds. The first-order valence-corrected chi connectivity index (χ1v) is 17.2. The van der Waals surface area contributed by atoms with E-state index in [2.05, 4.69) is 25.0 Å². The summed E-state index contributed by atoms with van der Waals surface area (Å²) in [5.74, 6) is 6.28. The highest BCUT2D eigenvalue weighted by Gasteiger charge is 2.48. The van der Waals surface area contributed by atoms with Gasteiger partial charge < -0.3 is 8.20 Å². The van der Waals surface area contributed by atoms with E-state index in [4.69, 9.17) is 8.20 Å². The van der Waals surface area contributed by atoms with Crippen LogP contribution in [0.1, 0.15) is 51.4 Å². The first kappa shape index (κ1) is 22.5. The lowest BCUT2D eigenvalue weighted by Crippen LogP contribution is -2.46. The molecule has 0 radical (unpaired) electrons. The zero-order chi connectivity index (χ0) is 20.9. The fraction of sp³-hybridized carbons (Fsp3) is 1.00. The minimum absolute atomic E-state index is 0.190. The Morgan fingerprint density at radius 3 is 1.10 bits per heavy atom. The van der Waals surface area contributed by atoms with E-state index in [0.717, 1.165) is 35.5 Å². The van der Waals surface area contributed by atoms with Gasteiger partial charge in [0.25, 0.3) is 0 Å². The van der Waals surface area contributed by atoms with Gasteiger partial charge in [0.1, 0.15) is 25.0 Å². The van der Waals surface area contributed by atoms with Crippen molar-refractivity contribution in [2.24, 2.45) is 35.5 Å². The van der Waals surface area contributed by atoms with Crippen molar-refractivity contribution < 1.29 is 8.20 Å². The second-order valence-electron chi connectivity index (χ2n) is 13.1. The van der Waals surface area contributed by atoms with Gasteiger partial charge in [0.05, 0.1) is 22.4 Å². The molecule has 8 fully saturated rings. The minimum Gasteiger partial charge on any atom is -0.393 e. The smallest absolute Gasteiger partial charge is 0.183 e. The molecule has 2 saturated carbocycles. The van der Waals surface area contributed by atoms with Crippen molar-refractivity contribution >= 4 is 35.0 Å². The number of hydrogen-bond donors (Lipinski definition) is 0. The van der Waals surface area contributed by atoms with Crippen molar-refractivity contribution in [3.05, 3.63) is 0 Å². The maximum absolute atomic E-state index is 6.42. The highest BCUT2D eigenvalue weighted by atomic mass is 32.2. The molecule has 8 rings (SSSR count). The summed E-state index contributed by atoms with van der Waals surface area (Å²) in [7, 11) is 0. The van der Waals surface area contributed by atoms with Gasteiger partial charge in [-0.25, -0.2) is 0 Å². The van der Waals surface area contributed by atoms with E-state index in [0.29, 0.717) is 0 Å².